The van der Waals surface area contributed by atoms with Gasteiger partial charge in [-0.2, -0.15) is 0 Å². The highest BCUT2D eigenvalue weighted by atomic mass is 16.3. The summed E-state index contributed by atoms with van der Waals surface area (Å²) in [6, 6.07) is 10.4. The van der Waals surface area contributed by atoms with E-state index < -0.39 is 0 Å². The van der Waals surface area contributed by atoms with Gasteiger partial charge in [0, 0.05) is 10.9 Å². The van der Waals surface area contributed by atoms with Crippen molar-refractivity contribution < 1.29 is 9.90 Å². The molecular weight excluding hydrogens is 164 g/mol. The summed E-state index contributed by atoms with van der Waals surface area (Å²) in [4.78, 5) is 10.5. The van der Waals surface area contributed by atoms with E-state index in [4.69, 9.17) is 0 Å². The molecule has 0 spiro atoms. The summed E-state index contributed by atoms with van der Waals surface area (Å²) in [6.45, 7) is 0. The molecule has 2 aromatic rings. The van der Waals surface area contributed by atoms with Crippen molar-refractivity contribution in [1.82, 2.24) is 0 Å². The van der Waals surface area contributed by atoms with E-state index in [0.717, 1.165) is 5.39 Å². The third-order valence-electron chi connectivity index (χ3n) is 1.99. The van der Waals surface area contributed by atoms with Crippen LogP contribution in [0.2, 0.25) is 0 Å². The van der Waals surface area contributed by atoms with Crippen LogP contribution in [0.4, 0.5) is 0 Å². The van der Waals surface area contributed by atoms with Crippen molar-refractivity contribution >= 4 is 17.1 Å². The molecule has 0 aromatic heterocycles. The molecule has 0 saturated carbocycles. The van der Waals surface area contributed by atoms with E-state index in [0.29, 0.717) is 10.9 Å². The van der Waals surface area contributed by atoms with Gasteiger partial charge in [-0.15, -0.1) is 0 Å². The molecule has 0 aliphatic heterocycles. The third-order valence-corrected chi connectivity index (χ3v) is 1.99. The summed E-state index contributed by atoms with van der Waals surface area (Å²) in [6.07, 6.45) is 1.80. The van der Waals surface area contributed by atoms with Crippen molar-refractivity contribution in [1.29, 1.82) is 0 Å². The van der Waals surface area contributed by atoms with Gasteiger partial charge >= 0.3 is 0 Å². The van der Waals surface area contributed by atoms with Gasteiger partial charge in [-0.25, -0.2) is 0 Å². The highest BCUT2D eigenvalue weighted by Gasteiger charge is 2.03. The summed E-state index contributed by atoms with van der Waals surface area (Å²) in [5.74, 6) is 0.122. The van der Waals surface area contributed by atoms with E-state index in [2.05, 4.69) is 0 Å². The normalized spacial score (nSPS) is 10.2. The van der Waals surface area contributed by atoms with Gasteiger partial charge in [0.2, 0.25) is 6.29 Å². The number of hydrogen-bond donors (Lipinski definition) is 1. The van der Waals surface area contributed by atoms with E-state index in [1.807, 2.05) is 12.1 Å². The topological polar surface area (TPSA) is 37.3 Å². The number of benzene rings is 2. The Morgan fingerprint density at radius 3 is 2.46 bits per heavy atom. The van der Waals surface area contributed by atoms with Gasteiger partial charge in [0.05, 0.1) is 0 Å². The SMILES string of the molecule is O=[C]c1cccc2cccc(O)c12. The third kappa shape index (κ3) is 1.16. The molecule has 0 amide bonds. The van der Waals surface area contributed by atoms with Gasteiger partial charge in [0.15, 0.2) is 0 Å². The Hall–Kier alpha value is -1.83. The fraction of sp³-hybridized carbons (Fsp3) is 0. The lowest BCUT2D eigenvalue weighted by atomic mass is 10.0. The lowest BCUT2D eigenvalue weighted by molar-refractivity contribution is 0.481. The van der Waals surface area contributed by atoms with E-state index in [1.54, 1.807) is 30.6 Å². The van der Waals surface area contributed by atoms with Gasteiger partial charge < -0.3 is 5.11 Å². The minimum Gasteiger partial charge on any atom is -0.507 e. The number of carbonyl (C=O) groups excluding carboxylic acids is 1. The predicted octanol–water partition coefficient (Wildman–Crippen LogP) is 2.00. The fourth-order valence-electron chi connectivity index (χ4n) is 1.41. The average Bonchev–Trinajstić information content (AvgIpc) is 2.17. The Labute approximate surface area is 75.4 Å². The highest BCUT2D eigenvalue weighted by molar-refractivity contribution is 6.01. The van der Waals surface area contributed by atoms with Gasteiger partial charge in [-0.1, -0.05) is 30.3 Å². The molecule has 0 saturated heterocycles. The van der Waals surface area contributed by atoms with E-state index in [9.17, 15) is 9.90 Å². The minimum absolute atomic E-state index is 0.122. The summed E-state index contributed by atoms with van der Waals surface area (Å²) in [7, 11) is 0. The van der Waals surface area contributed by atoms with Crippen molar-refractivity contribution in [2.24, 2.45) is 0 Å². The first-order chi connectivity index (χ1) is 6.33. The average molecular weight is 171 g/mol. The monoisotopic (exact) mass is 171 g/mol. The second kappa shape index (κ2) is 2.90. The molecular formula is C11H7O2. The Kier molecular flexibility index (Phi) is 1.74. The van der Waals surface area contributed by atoms with Crippen LogP contribution in [0, 0.1) is 0 Å². The van der Waals surface area contributed by atoms with Crippen LogP contribution in [-0.2, 0) is 4.79 Å². The summed E-state index contributed by atoms with van der Waals surface area (Å²) < 4.78 is 0. The molecule has 0 aliphatic carbocycles. The predicted molar refractivity (Wildman–Crippen MR) is 50.4 cm³/mol. The maximum Gasteiger partial charge on any atom is 0.234 e. The zero-order chi connectivity index (χ0) is 9.26. The van der Waals surface area contributed by atoms with Crippen molar-refractivity contribution in [2.45, 2.75) is 0 Å². The smallest absolute Gasteiger partial charge is 0.234 e. The number of phenolic OH excluding ortho intramolecular Hbond substituents is 1. The minimum atomic E-state index is 0.122. The van der Waals surface area contributed by atoms with Gasteiger partial charge in [-0.3, -0.25) is 4.79 Å². The van der Waals surface area contributed by atoms with Crippen LogP contribution in [0.1, 0.15) is 5.56 Å². The Bertz CT molecular complexity index is 455. The molecule has 2 heteroatoms. The van der Waals surface area contributed by atoms with Crippen molar-refractivity contribution in [3.63, 3.8) is 0 Å². The lowest BCUT2D eigenvalue weighted by Crippen LogP contribution is -1.83. The molecule has 0 unspecified atom stereocenters. The van der Waals surface area contributed by atoms with Gasteiger partial charge in [0.25, 0.3) is 0 Å². The van der Waals surface area contributed by atoms with Crippen molar-refractivity contribution in [3.8, 4) is 5.75 Å². The van der Waals surface area contributed by atoms with Crippen LogP contribution in [-0.4, -0.2) is 11.4 Å². The number of aromatic hydroxyl groups is 1. The van der Waals surface area contributed by atoms with E-state index in [-0.39, 0.29) is 5.75 Å². The maximum atomic E-state index is 10.5. The van der Waals surface area contributed by atoms with E-state index >= 15 is 0 Å². The molecule has 2 rings (SSSR count). The molecule has 0 bridgehead atoms. The second-order valence-electron chi connectivity index (χ2n) is 2.78. The molecule has 1 radical (unpaired) electrons. The van der Waals surface area contributed by atoms with Crippen LogP contribution < -0.4 is 0 Å². The largest absolute Gasteiger partial charge is 0.507 e. The molecule has 13 heavy (non-hydrogen) atoms. The number of phenols is 1. The van der Waals surface area contributed by atoms with E-state index in [1.165, 1.54) is 0 Å². The van der Waals surface area contributed by atoms with Crippen LogP contribution in [0.25, 0.3) is 10.8 Å². The number of rotatable bonds is 1. The molecule has 0 atom stereocenters. The molecule has 0 heterocycles. The number of fused-ring (bicyclic) bond motifs is 1. The quantitative estimate of drug-likeness (QED) is 0.712. The molecule has 1 N–H and O–H groups in total. The molecule has 2 nitrogen and oxygen atoms in total. The fourth-order valence-corrected chi connectivity index (χ4v) is 1.41. The Morgan fingerprint density at radius 2 is 1.77 bits per heavy atom. The first-order valence-corrected chi connectivity index (χ1v) is 3.92. The van der Waals surface area contributed by atoms with Gasteiger partial charge in [0.1, 0.15) is 5.75 Å². The highest BCUT2D eigenvalue weighted by Crippen LogP contribution is 2.26. The lowest BCUT2D eigenvalue weighted by Gasteiger charge is -2.01. The first-order valence-electron chi connectivity index (χ1n) is 3.92. The molecule has 0 aliphatic rings. The summed E-state index contributed by atoms with van der Waals surface area (Å²) in [5, 5.41) is 10.9. The van der Waals surface area contributed by atoms with Crippen molar-refractivity contribution in [2.75, 3.05) is 0 Å². The van der Waals surface area contributed by atoms with Crippen LogP contribution in [0.5, 0.6) is 5.75 Å². The number of hydrogen-bond acceptors (Lipinski definition) is 2. The van der Waals surface area contributed by atoms with Crippen LogP contribution in [0.15, 0.2) is 36.4 Å². The summed E-state index contributed by atoms with van der Waals surface area (Å²) >= 11 is 0. The zero-order valence-electron chi connectivity index (χ0n) is 6.82. The first kappa shape index (κ1) is 7.80. The Balaban J connectivity index is 2.94. The van der Waals surface area contributed by atoms with Gasteiger partial charge in [-0.05, 0) is 11.5 Å². The molecule has 0 fully saturated rings. The molecule has 63 valence electrons. The van der Waals surface area contributed by atoms with Crippen LogP contribution >= 0.6 is 0 Å². The zero-order valence-corrected chi connectivity index (χ0v) is 6.82. The summed E-state index contributed by atoms with van der Waals surface area (Å²) in [5.41, 5.74) is 0.399. The second-order valence-corrected chi connectivity index (χ2v) is 2.78. The Morgan fingerprint density at radius 1 is 1.08 bits per heavy atom. The standard InChI is InChI=1S/C11H7O2/c12-7-9-5-1-3-8-4-2-6-10(13)11(8)9/h1-6,13H. The molecule has 2 aromatic carbocycles. The van der Waals surface area contributed by atoms with Crippen molar-refractivity contribution in [3.05, 3.63) is 42.0 Å². The van der Waals surface area contributed by atoms with Crippen LogP contribution in [0.3, 0.4) is 0 Å². The maximum absolute atomic E-state index is 10.5.